The molecule has 2 aromatic carbocycles. The Balaban J connectivity index is 2.44. The van der Waals surface area contributed by atoms with Gasteiger partial charge in [-0.05, 0) is 53.8 Å². The number of aryl methyl sites for hydroxylation is 2. The molecule has 0 aromatic heterocycles. The Kier molecular flexibility index (Phi) is 5.63. The predicted molar refractivity (Wildman–Crippen MR) is 87.3 cm³/mol. The number of hydrogen-bond acceptors (Lipinski definition) is 1. The van der Waals surface area contributed by atoms with Gasteiger partial charge in [-0.2, -0.15) is 0 Å². The van der Waals surface area contributed by atoms with E-state index in [9.17, 15) is 0 Å². The quantitative estimate of drug-likeness (QED) is 0.751. The third-order valence-corrected chi connectivity index (χ3v) is 4.09. The number of hydrogen-bond donors (Lipinski definition) is 1. The average molecular weight is 288 g/mol. The molecule has 0 amide bonds. The molecular formula is C18H22ClN. The van der Waals surface area contributed by atoms with Crippen molar-refractivity contribution in [3.8, 4) is 0 Å². The molecule has 0 saturated carbocycles. The van der Waals surface area contributed by atoms with Crippen molar-refractivity contribution in [2.24, 2.45) is 0 Å². The Morgan fingerprint density at radius 2 is 1.65 bits per heavy atom. The third-order valence-electron chi connectivity index (χ3n) is 3.90. The van der Waals surface area contributed by atoms with Crippen LogP contribution < -0.4 is 4.84 Å². The molecule has 1 atom stereocenters. The van der Waals surface area contributed by atoms with Gasteiger partial charge in [0, 0.05) is 12.5 Å². The molecule has 0 spiro atoms. The molecule has 106 valence electrons. The fraction of sp³-hybridized carbons (Fsp3) is 0.333. The number of benzene rings is 2. The van der Waals surface area contributed by atoms with E-state index in [1.54, 1.807) is 0 Å². The van der Waals surface area contributed by atoms with Crippen molar-refractivity contribution in [3.05, 3.63) is 70.8 Å². The molecule has 0 bridgehead atoms. The Morgan fingerprint density at radius 1 is 1.00 bits per heavy atom. The van der Waals surface area contributed by atoms with Gasteiger partial charge in [-0.15, -0.1) is 0 Å². The van der Waals surface area contributed by atoms with Gasteiger partial charge in [0.15, 0.2) is 0 Å². The fourth-order valence-corrected chi connectivity index (χ4v) is 2.96. The van der Waals surface area contributed by atoms with Gasteiger partial charge in [-0.3, -0.25) is 0 Å². The highest BCUT2D eigenvalue weighted by molar-refractivity contribution is 6.13. The molecule has 0 aliphatic heterocycles. The summed E-state index contributed by atoms with van der Waals surface area (Å²) in [7, 11) is 0. The molecule has 0 heterocycles. The van der Waals surface area contributed by atoms with Gasteiger partial charge in [0.2, 0.25) is 0 Å². The molecule has 2 heteroatoms. The van der Waals surface area contributed by atoms with Crippen molar-refractivity contribution < 1.29 is 0 Å². The molecule has 1 nitrogen and oxygen atoms in total. The van der Waals surface area contributed by atoms with Gasteiger partial charge >= 0.3 is 0 Å². The molecular weight excluding hydrogens is 266 g/mol. The van der Waals surface area contributed by atoms with Crippen LogP contribution in [0.5, 0.6) is 0 Å². The zero-order valence-corrected chi connectivity index (χ0v) is 13.0. The standard InChI is InChI=1S/C18H22ClN/c1-3-15-9-5-7-11-17(15)18(12-13-20-19)16-10-6-4-8-14(16)2/h4-11,18,20H,3,12-13H2,1-2H3. The largest absolute Gasteiger partial charge is 0.234 e. The zero-order chi connectivity index (χ0) is 14.4. The maximum atomic E-state index is 5.68. The minimum Gasteiger partial charge on any atom is -0.234 e. The van der Waals surface area contributed by atoms with Gasteiger partial charge in [0.25, 0.3) is 0 Å². The molecule has 2 rings (SSSR count). The predicted octanol–water partition coefficient (Wildman–Crippen LogP) is 4.82. The van der Waals surface area contributed by atoms with Crippen molar-refractivity contribution in [3.63, 3.8) is 0 Å². The minimum absolute atomic E-state index is 0.401. The lowest BCUT2D eigenvalue weighted by molar-refractivity contribution is 0.692. The lowest BCUT2D eigenvalue weighted by Gasteiger charge is -2.22. The minimum atomic E-state index is 0.401. The summed E-state index contributed by atoms with van der Waals surface area (Å²) in [6.07, 6.45) is 2.07. The summed E-state index contributed by atoms with van der Waals surface area (Å²) in [5.74, 6) is 0.401. The van der Waals surface area contributed by atoms with Crippen LogP contribution in [0.25, 0.3) is 0 Å². The van der Waals surface area contributed by atoms with E-state index in [1.807, 2.05) is 0 Å². The van der Waals surface area contributed by atoms with Crippen LogP contribution >= 0.6 is 11.8 Å². The van der Waals surface area contributed by atoms with Crippen molar-refractivity contribution in [1.82, 2.24) is 4.84 Å². The molecule has 0 fully saturated rings. The molecule has 20 heavy (non-hydrogen) atoms. The summed E-state index contributed by atoms with van der Waals surface area (Å²) >= 11 is 5.68. The van der Waals surface area contributed by atoms with E-state index < -0.39 is 0 Å². The first-order valence-corrected chi connectivity index (χ1v) is 7.62. The molecule has 1 unspecified atom stereocenters. The van der Waals surface area contributed by atoms with E-state index in [0.717, 1.165) is 19.4 Å². The van der Waals surface area contributed by atoms with Crippen molar-refractivity contribution in [2.45, 2.75) is 32.6 Å². The van der Waals surface area contributed by atoms with E-state index in [0.29, 0.717) is 5.92 Å². The highest BCUT2D eigenvalue weighted by atomic mass is 35.5. The van der Waals surface area contributed by atoms with Gasteiger partial charge in [0.1, 0.15) is 0 Å². The Labute approximate surface area is 127 Å². The summed E-state index contributed by atoms with van der Waals surface area (Å²) in [6, 6.07) is 17.4. The lowest BCUT2D eigenvalue weighted by atomic mass is 9.83. The summed E-state index contributed by atoms with van der Waals surface area (Å²) in [5.41, 5.74) is 5.60. The van der Waals surface area contributed by atoms with Crippen LogP contribution in [0.1, 0.15) is 41.5 Å². The van der Waals surface area contributed by atoms with Gasteiger partial charge in [0.05, 0.1) is 0 Å². The number of rotatable bonds is 6. The van der Waals surface area contributed by atoms with Gasteiger partial charge in [-0.1, -0.05) is 55.5 Å². The highest BCUT2D eigenvalue weighted by Gasteiger charge is 2.17. The first-order valence-electron chi connectivity index (χ1n) is 7.24. The molecule has 0 aliphatic rings. The van der Waals surface area contributed by atoms with Crippen molar-refractivity contribution in [2.75, 3.05) is 6.54 Å². The van der Waals surface area contributed by atoms with Crippen LogP contribution in [0.4, 0.5) is 0 Å². The first-order chi connectivity index (χ1) is 9.77. The van der Waals surface area contributed by atoms with Crippen LogP contribution in [-0.4, -0.2) is 6.54 Å². The monoisotopic (exact) mass is 287 g/mol. The van der Waals surface area contributed by atoms with Gasteiger partial charge < -0.3 is 0 Å². The SMILES string of the molecule is CCc1ccccc1C(CCNCl)c1ccccc1C. The zero-order valence-electron chi connectivity index (χ0n) is 12.2. The molecule has 0 saturated heterocycles. The molecule has 2 aromatic rings. The summed E-state index contributed by atoms with van der Waals surface area (Å²) < 4.78 is 0. The van der Waals surface area contributed by atoms with Crippen LogP contribution in [-0.2, 0) is 6.42 Å². The Bertz CT molecular complexity index is 551. The van der Waals surface area contributed by atoms with Crippen LogP contribution in [0.15, 0.2) is 48.5 Å². The topological polar surface area (TPSA) is 12.0 Å². The van der Waals surface area contributed by atoms with Crippen molar-refractivity contribution >= 4 is 11.8 Å². The third kappa shape index (κ3) is 3.41. The van der Waals surface area contributed by atoms with E-state index in [-0.39, 0.29) is 0 Å². The molecule has 1 N–H and O–H groups in total. The molecule has 0 radical (unpaired) electrons. The van der Waals surface area contributed by atoms with E-state index >= 15 is 0 Å². The second-order valence-electron chi connectivity index (χ2n) is 5.13. The summed E-state index contributed by atoms with van der Waals surface area (Å²) in [6.45, 7) is 5.21. The normalized spacial score (nSPS) is 12.3. The fourth-order valence-electron chi connectivity index (χ4n) is 2.85. The Morgan fingerprint density at radius 3 is 2.30 bits per heavy atom. The van der Waals surface area contributed by atoms with Gasteiger partial charge in [-0.25, -0.2) is 4.84 Å². The van der Waals surface area contributed by atoms with E-state index in [1.165, 1.54) is 22.3 Å². The van der Waals surface area contributed by atoms with Crippen LogP contribution in [0.2, 0.25) is 0 Å². The van der Waals surface area contributed by atoms with Crippen LogP contribution in [0, 0.1) is 6.92 Å². The lowest BCUT2D eigenvalue weighted by Crippen LogP contribution is -2.12. The summed E-state index contributed by atoms with van der Waals surface area (Å²) in [4.78, 5) is 2.77. The highest BCUT2D eigenvalue weighted by Crippen LogP contribution is 2.32. The second kappa shape index (κ2) is 7.47. The first kappa shape index (κ1) is 15.1. The van der Waals surface area contributed by atoms with E-state index in [2.05, 4.69) is 67.2 Å². The summed E-state index contributed by atoms with van der Waals surface area (Å²) in [5, 5.41) is 0. The number of halogens is 1. The second-order valence-corrected chi connectivity index (χ2v) is 5.40. The van der Waals surface area contributed by atoms with Crippen LogP contribution in [0.3, 0.4) is 0 Å². The van der Waals surface area contributed by atoms with E-state index in [4.69, 9.17) is 11.8 Å². The molecule has 0 aliphatic carbocycles. The maximum Gasteiger partial charge on any atom is 0.0117 e. The maximum absolute atomic E-state index is 5.68. The average Bonchev–Trinajstić information content (AvgIpc) is 2.49. The smallest absolute Gasteiger partial charge is 0.0117 e. The van der Waals surface area contributed by atoms with Crippen molar-refractivity contribution in [1.29, 1.82) is 0 Å². The Hall–Kier alpha value is -1.31. The number of nitrogens with one attached hydrogen (secondary N) is 1.